The van der Waals surface area contributed by atoms with Gasteiger partial charge in [0.2, 0.25) is 5.88 Å². The quantitative estimate of drug-likeness (QED) is 0.664. The molecule has 1 saturated heterocycles. The molecule has 156 valence electrons. The summed E-state index contributed by atoms with van der Waals surface area (Å²) in [6.45, 7) is 4.22. The highest BCUT2D eigenvalue weighted by atomic mass is 16.5. The molecule has 0 unspecified atom stereocenters. The number of hydrogen-bond acceptors (Lipinski definition) is 5. The van der Waals surface area contributed by atoms with Crippen molar-refractivity contribution in [2.24, 2.45) is 7.05 Å². The minimum atomic E-state index is -0.0442. The van der Waals surface area contributed by atoms with Gasteiger partial charge in [0, 0.05) is 44.0 Å². The van der Waals surface area contributed by atoms with Crippen LogP contribution in [-0.4, -0.2) is 44.7 Å². The highest BCUT2D eigenvalue weighted by Gasteiger charge is 2.29. The molecule has 0 radical (unpaired) electrons. The van der Waals surface area contributed by atoms with E-state index in [1.807, 2.05) is 37.3 Å². The monoisotopic (exact) mass is 404 g/mol. The van der Waals surface area contributed by atoms with Crippen molar-refractivity contribution in [1.82, 2.24) is 19.4 Å². The molecule has 0 bridgehead atoms. The maximum atomic E-state index is 12.8. The molecule has 3 heterocycles. The third-order valence-electron chi connectivity index (χ3n) is 6.66. The van der Waals surface area contributed by atoms with Crippen LogP contribution in [0.5, 0.6) is 5.88 Å². The number of pyridine rings is 1. The van der Waals surface area contributed by atoms with Crippen molar-refractivity contribution in [2.45, 2.75) is 51.2 Å². The lowest BCUT2D eigenvalue weighted by Gasteiger charge is -2.41. The summed E-state index contributed by atoms with van der Waals surface area (Å²) in [5, 5.41) is 0.641. The van der Waals surface area contributed by atoms with Crippen LogP contribution in [0.4, 0.5) is 0 Å². The SMILES string of the molecule is Cc1cccc2c(=O)n(C)c(-c3ccc(OC4CCN(C5CCC5)CC4)nc3)nc12. The largest absolute Gasteiger partial charge is 0.474 e. The van der Waals surface area contributed by atoms with E-state index >= 15 is 0 Å². The third-order valence-corrected chi connectivity index (χ3v) is 6.66. The number of hydrogen-bond donors (Lipinski definition) is 0. The standard InChI is InChI=1S/C24H28N4O2/c1-16-5-3-8-20-22(16)26-23(27(2)24(20)29)17-9-10-21(25-15-17)30-19-11-13-28(14-12-19)18-6-4-7-18/h3,5,8-10,15,18-19H,4,6-7,11-14H2,1-2H3. The van der Waals surface area contributed by atoms with Crippen molar-refractivity contribution in [3.63, 3.8) is 0 Å². The summed E-state index contributed by atoms with van der Waals surface area (Å²) in [5.41, 5.74) is 2.51. The molecule has 0 spiro atoms. The summed E-state index contributed by atoms with van der Waals surface area (Å²) < 4.78 is 7.74. The zero-order chi connectivity index (χ0) is 20.7. The van der Waals surface area contributed by atoms with E-state index in [1.54, 1.807) is 17.8 Å². The summed E-state index contributed by atoms with van der Waals surface area (Å²) in [6.07, 6.45) is 8.20. The first-order valence-electron chi connectivity index (χ1n) is 10.9. The van der Waals surface area contributed by atoms with Crippen molar-refractivity contribution in [3.05, 3.63) is 52.4 Å². The first-order valence-corrected chi connectivity index (χ1v) is 10.9. The number of rotatable bonds is 4. The van der Waals surface area contributed by atoms with Crippen LogP contribution < -0.4 is 10.3 Å². The highest BCUT2D eigenvalue weighted by molar-refractivity contribution is 5.82. The second-order valence-electron chi connectivity index (χ2n) is 8.59. The Hall–Kier alpha value is -2.73. The molecule has 30 heavy (non-hydrogen) atoms. The Morgan fingerprint density at radius 2 is 1.87 bits per heavy atom. The maximum absolute atomic E-state index is 12.8. The van der Waals surface area contributed by atoms with Gasteiger partial charge in [-0.3, -0.25) is 9.36 Å². The Bertz CT molecular complexity index is 1110. The van der Waals surface area contributed by atoms with Crippen LogP contribution in [0.25, 0.3) is 22.3 Å². The number of ether oxygens (including phenoxy) is 1. The van der Waals surface area contributed by atoms with Crippen LogP contribution in [0.1, 0.15) is 37.7 Å². The number of piperidine rings is 1. The van der Waals surface area contributed by atoms with Gasteiger partial charge < -0.3 is 9.64 Å². The summed E-state index contributed by atoms with van der Waals surface area (Å²) in [6, 6.07) is 10.3. The van der Waals surface area contributed by atoms with E-state index in [4.69, 9.17) is 9.72 Å². The van der Waals surface area contributed by atoms with E-state index in [0.717, 1.165) is 48.6 Å². The minimum Gasteiger partial charge on any atom is -0.474 e. The normalized spacial score (nSPS) is 18.5. The van der Waals surface area contributed by atoms with Gasteiger partial charge in [0.1, 0.15) is 11.9 Å². The fraction of sp³-hybridized carbons (Fsp3) is 0.458. The molecule has 1 saturated carbocycles. The van der Waals surface area contributed by atoms with Gasteiger partial charge in [-0.1, -0.05) is 18.6 Å². The van der Waals surface area contributed by atoms with Gasteiger partial charge in [-0.05, 0) is 50.3 Å². The molecule has 0 N–H and O–H groups in total. The Morgan fingerprint density at radius 1 is 1.07 bits per heavy atom. The van der Waals surface area contributed by atoms with E-state index in [1.165, 1.54) is 19.3 Å². The average Bonchev–Trinajstić information content (AvgIpc) is 2.72. The van der Waals surface area contributed by atoms with Gasteiger partial charge in [0.25, 0.3) is 5.56 Å². The van der Waals surface area contributed by atoms with Crippen molar-refractivity contribution >= 4 is 10.9 Å². The number of para-hydroxylation sites is 1. The Morgan fingerprint density at radius 3 is 2.53 bits per heavy atom. The number of aromatic nitrogens is 3. The van der Waals surface area contributed by atoms with E-state index in [0.29, 0.717) is 17.1 Å². The fourth-order valence-corrected chi connectivity index (χ4v) is 4.56. The molecule has 1 aliphatic carbocycles. The van der Waals surface area contributed by atoms with Crippen LogP contribution in [0, 0.1) is 6.92 Å². The van der Waals surface area contributed by atoms with E-state index in [9.17, 15) is 4.79 Å². The zero-order valence-electron chi connectivity index (χ0n) is 17.7. The molecule has 1 aliphatic heterocycles. The van der Waals surface area contributed by atoms with Crippen LogP contribution in [0.15, 0.2) is 41.3 Å². The first kappa shape index (κ1) is 19.2. The number of nitrogens with zero attached hydrogens (tertiary/aromatic N) is 4. The smallest absolute Gasteiger partial charge is 0.261 e. The predicted molar refractivity (Wildman–Crippen MR) is 118 cm³/mol. The lowest BCUT2D eigenvalue weighted by atomic mass is 9.90. The van der Waals surface area contributed by atoms with Crippen molar-refractivity contribution < 1.29 is 4.74 Å². The topological polar surface area (TPSA) is 60.2 Å². The van der Waals surface area contributed by atoms with Crippen LogP contribution in [0.3, 0.4) is 0 Å². The average molecular weight is 405 g/mol. The fourth-order valence-electron chi connectivity index (χ4n) is 4.56. The van der Waals surface area contributed by atoms with Crippen LogP contribution in [-0.2, 0) is 7.05 Å². The van der Waals surface area contributed by atoms with E-state index < -0.39 is 0 Å². The number of fused-ring (bicyclic) bond motifs is 1. The lowest BCUT2D eigenvalue weighted by Crippen LogP contribution is -2.46. The number of benzene rings is 1. The highest BCUT2D eigenvalue weighted by Crippen LogP contribution is 2.28. The predicted octanol–water partition coefficient (Wildman–Crippen LogP) is 3.70. The summed E-state index contributed by atoms with van der Waals surface area (Å²) in [5.74, 6) is 1.26. The van der Waals surface area contributed by atoms with E-state index in [-0.39, 0.29) is 11.7 Å². The van der Waals surface area contributed by atoms with Crippen molar-refractivity contribution in [3.8, 4) is 17.3 Å². The lowest BCUT2D eigenvalue weighted by molar-refractivity contribution is 0.0475. The van der Waals surface area contributed by atoms with Crippen molar-refractivity contribution in [2.75, 3.05) is 13.1 Å². The van der Waals surface area contributed by atoms with Crippen LogP contribution in [0.2, 0.25) is 0 Å². The molecule has 6 heteroatoms. The third kappa shape index (κ3) is 3.49. The van der Waals surface area contributed by atoms with Crippen molar-refractivity contribution in [1.29, 1.82) is 0 Å². The second-order valence-corrected chi connectivity index (χ2v) is 8.59. The summed E-state index contributed by atoms with van der Waals surface area (Å²) in [4.78, 5) is 24.7. The molecule has 5 rings (SSSR count). The Labute approximate surface area is 176 Å². The maximum Gasteiger partial charge on any atom is 0.261 e. The zero-order valence-corrected chi connectivity index (χ0v) is 17.7. The molecule has 0 atom stereocenters. The van der Waals surface area contributed by atoms with Gasteiger partial charge >= 0.3 is 0 Å². The molecule has 2 aliphatic rings. The molecular formula is C24H28N4O2. The second kappa shape index (κ2) is 7.84. The molecular weight excluding hydrogens is 376 g/mol. The Balaban J connectivity index is 1.32. The van der Waals surface area contributed by atoms with E-state index in [2.05, 4.69) is 9.88 Å². The summed E-state index contributed by atoms with van der Waals surface area (Å²) in [7, 11) is 1.76. The van der Waals surface area contributed by atoms with Crippen LogP contribution >= 0.6 is 0 Å². The van der Waals surface area contributed by atoms with Gasteiger partial charge in [-0.25, -0.2) is 9.97 Å². The van der Waals surface area contributed by atoms with Gasteiger partial charge in [0.15, 0.2) is 0 Å². The molecule has 3 aromatic rings. The summed E-state index contributed by atoms with van der Waals surface area (Å²) >= 11 is 0. The molecule has 6 nitrogen and oxygen atoms in total. The van der Waals surface area contributed by atoms with Gasteiger partial charge in [0.05, 0.1) is 10.9 Å². The molecule has 1 aromatic carbocycles. The Kier molecular flexibility index (Phi) is 5.03. The molecule has 2 aromatic heterocycles. The first-order chi connectivity index (χ1) is 14.6. The number of aryl methyl sites for hydroxylation is 1. The molecule has 2 fully saturated rings. The minimum absolute atomic E-state index is 0.0442. The molecule has 0 amide bonds. The van der Waals surface area contributed by atoms with Gasteiger partial charge in [-0.2, -0.15) is 0 Å². The van der Waals surface area contributed by atoms with Gasteiger partial charge in [-0.15, -0.1) is 0 Å². The number of likely N-dealkylation sites (tertiary alicyclic amines) is 1.